The summed E-state index contributed by atoms with van der Waals surface area (Å²) in [5.74, 6) is 5.01. The third-order valence-electron chi connectivity index (χ3n) is 1.60. The van der Waals surface area contributed by atoms with Crippen LogP contribution >= 0.6 is 0 Å². The fraction of sp³-hybridized carbons (Fsp3) is 0.417. The molecule has 5 nitrogen and oxygen atoms in total. The molecule has 0 atom stereocenters. The SMILES string of the molecule is CC(C)(C)C#CCOc1cnc(C(=O)O)cn1. The van der Waals surface area contributed by atoms with Gasteiger partial charge in [-0.3, -0.25) is 0 Å². The van der Waals surface area contributed by atoms with Gasteiger partial charge in [0, 0.05) is 5.41 Å². The van der Waals surface area contributed by atoms with Gasteiger partial charge in [0.15, 0.2) is 12.3 Å². The number of nitrogens with zero attached hydrogens (tertiary/aromatic N) is 2. The highest BCUT2D eigenvalue weighted by molar-refractivity contribution is 5.84. The minimum Gasteiger partial charge on any atom is -0.476 e. The number of carbonyl (C=O) groups is 1. The molecule has 0 aliphatic carbocycles. The second-order valence-electron chi connectivity index (χ2n) is 4.39. The first-order valence-electron chi connectivity index (χ1n) is 5.07. The molecule has 1 heterocycles. The molecule has 0 aromatic carbocycles. The van der Waals surface area contributed by atoms with Crippen LogP contribution in [0.5, 0.6) is 5.88 Å². The van der Waals surface area contributed by atoms with Gasteiger partial charge >= 0.3 is 5.97 Å². The number of rotatable bonds is 3. The molecule has 0 aliphatic heterocycles. The largest absolute Gasteiger partial charge is 0.476 e. The maximum atomic E-state index is 10.5. The van der Waals surface area contributed by atoms with Crippen LogP contribution in [0.1, 0.15) is 31.3 Å². The standard InChI is InChI=1S/C12H14N2O3/c1-12(2,3)5-4-6-17-10-8-13-9(7-14-10)11(15)16/h7-8H,6H2,1-3H3,(H,15,16). The zero-order valence-corrected chi connectivity index (χ0v) is 10.0. The molecule has 90 valence electrons. The molecule has 1 aromatic heterocycles. The van der Waals surface area contributed by atoms with Crippen molar-refractivity contribution in [3.63, 3.8) is 0 Å². The van der Waals surface area contributed by atoms with Gasteiger partial charge in [0.05, 0.1) is 12.4 Å². The van der Waals surface area contributed by atoms with E-state index in [2.05, 4.69) is 21.8 Å². The van der Waals surface area contributed by atoms with E-state index in [-0.39, 0.29) is 23.6 Å². The first-order chi connectivity index (χ1) is 7.88. The Bertz CT molecular complexity index is 449. The number of hydrogen-bond acceptors (Lipinski definition) is 4. The van der Waals surface area contributed by atoms with Crippen molar-refractivity contribution < 1.29 is 14.6 Å². The summed E-state index contributed by atoms with van der Waals surface area (Å²) in [4.78, 5) is 18.0. The predicted molar refractivity (Wildman–Crippen MR) is 61.7 cm³/mol. The summed E-state index contributed by atoms with van der Waals surface area (Å²) in [5.41, 5.74) is -0.180. The number of carboxylic acid groups (broad SMARTS) is 1. The topological polar surface area (TPSA) is 72.3 Å². The van der Waals surface area contributed by atoms with Gasteiger partial charge in [0.2, 0.25) is 5.88 Å². The van der Waals surface area contributed by atoms with Crippen molar-refractivity contribution in [3.05, 3.63) is 18.1 Å². The fourth-order valence-corrected chi connectivity index (χ4v) is 0.912. The number of carboxylic acids is 1. The lowest BCUT2D eigenvalue weighted by Crippen LogP contribution is -2.04. The summed E-state index contributed by atoms with van der Waals surface area (Å²) in [6, 6.07) is 0. The second-order valence-corrected chi connectivity index (χ2v) is 4.39. The minimum absolute atomic E-state index is 0.0673. The lowest BCUT2D eigenvalue weighted by atomic mass is 9.98. The third kappa shape index (κ3) is 4.98. The van der Waals surface area contributed by atoms with Gasteiger partial charge in [0.1, 0.15) is 0 Å². The molecule has 0 aliphatic rings. The number of aromatic carboxylic acids is 1. The Morgan fingerprint density at radius 3 is 2.59 bits per heavy atom. The Kier molecular flexibility index (Phi) is 4.05. The fourth-order valence-electron chi connectivity index (χ4n) is 0.912. The molecular weight excluding hydrogens is 220 g/mol. The van der Waals surface area contributed by atoms with Gasteiger partial charge in [-0.2, -0.15) is 0 Å². The van der Waals surface area contributed by atoms with E-state index in [0.29, 0.717) is 0 Å². The predicted octanol–water partition coefficient (Wildman–Crippen LogP) is 1.60. The van der Waals surface area contributed by atoms with E-state index in [1.807, 2.05) is 20.8 Å². The summed E-state index contributed by atoms with van der Waals surface area (Å²) in [6.45, 7) is 6.21. The van der Waals surface area contributed by atoms with Crippen LogP contribution in [0.4, 0.5) is 0 Å². The van der Waals surface area contributed by atoms with E-state index in [9.17, 15) is 4.79 Å². The molecule has 0 spiro atoms. The molecule has 0 bridgehead atoms. The summed E-state index contributed by atoms with van der Waals surface area (Å²) in [5, 5.41) is 8.61. The third-order valence-corrected chi connectivity index (χ3v) is 1.60. The van der Waals surface area contributed by atoms with Crippen molar-refractivity contribution in [1.29, 1.82) is 0 Å². The molecule has 1 rings (SSSR count). The van der Waals surface area contributed by atoms with Crippen molar-refractivity contribution in [2.75, 3.05) is 6.61 Å². The van der Waals surface area contributed by atoms with Crippen LogP contribution in [0.25, 0.3) is 0 Å². The van der Waals surface area contributed by atoms with Crippen LogP contribution in [0.3, 0.4) is 0 Å². The van der Waals surface area contributed by atoms with Crippen molar-refractivity contribution in [3.8, 4) is 17.7 Å². The highest BCUT2D eigenvalue weighted by atomic mass is 16.5. The summed E-state index contributed by atoms with van der Waals surface area (Å²) >= 11 is 0. The molecule has 17 heavy (non-hydrogen) atoms. The molecule has 1 aromatic rings. The maximum Gasteiger partial charge on any atom is 0.356 e. The summed E-state index contributed by atoms with van der Waals surface area (Å²) in [6.07, 6.45) is 2.41. The van der Waals surface area contributed by atoms with Crippen LogP contribution < -0.4 is 4.74 Å². The van der Waals surface area contributed by atoms with Gasteiger partial charge in [-0.15, -0.1) is 0 Å². The van der Waals surface area contributed by atoms with Crippen molar-refractivity contribution in [2.24, 2.45) is 5.41 Å². The van der Waals surface area contributed by atoms with E-state index in [1.54, 1.807) is 0 Å². The lowest BCUT2D eigenvalue weighted by Gasteiger charge is -2.07. The minimum atomic E-state index is -1.11. The van der Waals surface area contributed by atoms with Crippen LogP contribution in [0, 0.1) is 17.3 Å². The zero-order chi connectivity index (χ0) is 12.9. The summed E-state index contributed by atoms with van der Waals surface area (Å²) < 4.78 is 5.20. The molecule has 0 fully saturated rings. The van der Waals surface area contributed by atoms with Crippen molar-refractivity contribution in [1.82, 2.24) is 9.97 Å². The maximum absolute atomic E-state index is 10.5. The van der Waals surface area contributed by atoms with Crippen LogP contribution in [0.15, 0.2) is 12.4 Å². The zero-order valence-electron chi connectivity index (χ0n) is 10.0. The molecule has 5 heteroatoms. The molecule has 0 unspecified atom stereocenters. The molecular formula is C12H14N2O3. The molecule has 0 saturated heterocycles. The van der Waals surface area contributed by atoms with Gasteiger partial charge in [-0.1, -0.05) is 11.8 Å². The van der Waals surface area contributed by atoms with Crippen LogP contribution in [-0.2, 0) is 0 Å². The highest BCUT2D eigenvalue weighted by Crippen LogP contribution is 2.09. The van der Waals surface area contributed by atoms with Gasteiger partial charge in [0.25, 0.3) is 0 Å². The first kappa shape index (κ1) is 13.0. The number of ether oxygens (including phenoxy) is 1. The Balaban J connectivity index is 2.53. The highest BCUT2D eigenvalue weighted by Gasteiger charge is 2.05. The Hall–Kier alpha value is -2.09. The molecule has 0 amide bonds. The van der Waals surface area contributed by atoms with Crippen LogP contribution in [-0.4, -0.2) is 27.7 Å². The van der Waals surface area contributed by atoms with E-state index >= 15 is 0 Å². The Morgan fingerprint density at radius 2 is 2.12 bits per heavy atom. The van der Waals surface area contributed by atoms with Gasteiger partial charge in [-0.25, -0.2) is 14.8 Å². The average molecular weight is 234 g/mol. The normalized spacial score (nSPS) is 10.3. The average Bonchev–Trinajstić information content (AvgIpc) is 2.24. The molecule has 0 radical (unpaired) electrons. The van der Waals surface area contributed by atoms with Crippen molar-refractivity contribution >= 4 is 5.97 Å². The van der Waals surface area contributed by atoms with Gasteiger partial charge < -0.3 is 9.84 Å². The molecule has 1 N–H and O–H groups in total. The second kappa shape index (κ2) is 5.30. The summed E-state index contributed by atoms with van der Waals surface area (Å²) in [7, 11) is 0. The van der Waals surface area contributed by atoms with Crippen LogP contribution in [0.2, 0.25) is 0 Å². The van der Waals surface area contributed by atoms with E-state index in [4.69, 9.17) is 9.84 Å². The number of hydrogen-bond donors (Lipinski definition) is 1. The quantitative estimate of drug-likeness (QED) is 0.804. The van der Waals surface area contributed by atoms with Crippen molar-refractivity contribution in [2.45, 2.75) is 20.8 Å². The van der Waals surface area contributed by atoms with E-state index < -0.39 is 5.97 Å². The molecule has 0 saturated carbocycles. The number of aromatic nitrogens is 2. The Morgan fingerprint density at radius 1 is 1.41 bits per heavy atom. The monoisotopic (exact) mass is 234 g/mol. The van der Waals surface area contributed by atoms with Gasteiger partial charge in [-0.05, 0) is 20.8 Å². The smallest absolute Gasteiger partial charge is 0.356 e. The first-order valence-corrected chi connectivity index (χ1v) is 5.07. The van der Waals surface area contributed by atoms with E-state index in [1.165, 1.54) is 6.20 Å². The van der Waals surface area contributed by atoms with E-state index in [0.717, 1.165) is 6.20 Å². The Labute approximate surface area is 99.9 Å². The lowest BCUT2D eigenvalue weighted by molar-refractivity contribution is 0.0690.